The van der Waals surface area contributed by atoms with Gasteiger partial charge in [0.25, 0.3) is 0 Å². The Bertz CT molecular complexity index is 483. The van der Waals surface area contributed by atoms with Gasteiger partial charge in [0, 0.05) is 6.04 Å². The summed E-state index contributed by atoms with van der Waals surface area (Å²) >= 11 is 0. The van der Waals surface area contributed by atoms with Crippen LogP contribution in [0.2, 0.25) is 0 Å². The Morgan fingerprint density at radius 3 is 2.63 bits per heavy atom. The van der Waals surface area contributed by atoms with E-state index >= 15 is 0 Å². The van der Waals surface area contributed by atoms with Crippen molar-refractivity contribution in [2.75, 3.05) is 6.61 Å². The molecule has 0 radical (unpaired) electrons. The van der Waals surface area contributed by atoms with Crippen LogP contribution < -0.4 is 15.8 Å². The van der Waals surface area contributed by atoms with E-state index < -0.39 is 5.54 Å². The van der Waals surface area contributed by atoms with E-state index in [0.717, 1.165) is 18.6 Å². The number of primary amides is 1. The average Bonchev–Trinajstić information content (AvgIpc) is 3.14. The number of amides is 1. The highest BCUT2D eigenvalue weighted by molar-refractivity contribution is 5.84. The molecular weight excluding hydrogens is 240 g/mol. The van der Waals surface area contributed by atoms with Crippen LogP contribution in [0.4, 0.5) is 0 Å². The smallest absolute Gasteiger partial charge is 0.240 e. The molecule has 1 unspecified atom stereocenters. The second kappa shape index (κ2) is 5.21. The number of hydrogen-bond donors (Lipinski definition) is 2. The lowest BCUT2D eigenvalue weighted by Crippen LogP contribution is -2.57. The van der Waals surface area contributed by atoms with Crippen molar-refractivity contribution in [1.29, 1.82) is 0 Å². The van der Waals surface area contributed by atoms with E-state index in [9.17, 15) is 4.79 Å². The van der Waals surface area contributed by atoms with Crippen LogP contribution in [0.3, 0.4) is 0 Å². The molecule has 0 saturated heterocycles. The van der Waals surface area contributed by atoms with Crippen LogP contribution >= 0.6 is 0 Å². The molecule has 2 rings (SSSR count). The molecule has 0 heterocycles. The van der Waals surface area contributed by atoms with Crippen LogP contribution in [0, 0.1) is 13.8 Å². The van der Waals surface area contributed by atoms with E-state index in [-0.39, 0.29) is 12.5 Å². The van der Waals surface area contributed by atoms with Gasteiger partial charge in [-0.05, 0) is 56.9 Å². The predicted molar refractivity (Wildman–Crippen MR) is 75.2 cm³/mol. The third kappa shape index (κ3) is 3.47. The van der Waals surface area contributed by atoms with Crippen molar-refractivity contribution >= 4 is 5.91 Å². The van der Waals surface area contributed by atoms with Gasteiger partial charge in [-0.25, -0.2) is 0 Å². The minimum atomic E-state index is -0.806. The van der Waals surface area contributed by atoms with Crippen molar-refractivity contribution in [1.82, 2.24) is 5.32 Å². The van der Waals surface area contributed by atoms with Gasteiger partial charge in [0.15, 0.2) is 0 Å². The maximum atomic E-state index is 11.6. The molecule has 19 heavy (non-hydrogen) atoms. The van der Waals surface area contributed by atoms with E-state index in [4.69, 9.17) is 10.5 Å². The standard InChI is InChI=1S/C15H22N2O2/c1-10-4-7-13(8-11(10)2)19-9-15(3,14(16)18)17-12-5-6-12/h4,7-8,12,17H,5-6,9H2,1-3H3,(H2,16,18). The quantitative estimate of drug-likeness (QED) is 0.819. The van der Waals surface area contributed by atoms with Gasteiger partial charge in [0.05, 0.1) is 0 Å². The van der Waals surface area contributed by atoms with Gasteiger partial charge in [-0.15, -0.1) is 0 Å². The van der Waals surface area contributed by atoms with E-state index in [1.807, 2.05) is 25.1 Å². The molecule has 1 aliphatic carbocycles. The molecule has 4 heteroatoms. The van der Waals surface area contributed by atoms with E-state index in [0.29, 0.717) is 6.04 Å². The fraction of sp³-hybridized carbons (Fsp3) is 0.533. The van der Waals surface area contributed by atoms with Gasteiger partial charge >= 0.3 is 0 Å². The summed E-state index contributed by atoms with van der Waals surface area (Å²) in [5.74, 6) is 0.399. The third-order valence-electron chi connectivity index (χ3n) is 3.65. The monoisotopic (exact) mass is 262 g/mol. The molecule has 1 aromatic carbocycles. The van der Waals surface area contributed by atoms with Crippen molar-refractivity contribution in [2.45, 2.75) is 45.2 Å². The first-order chi connectivity index (χ1) is 8.90. The van der Waals surface area contributed by atoms with Crippen LogP contribution in [0.1, 0.15) is 30.9 Å². The van der Waals surface area contributed by atoms with Crippen LogP contribution in [0.5, 0.6) is 5.75 Å². The number of carbonyl (C=O) groups excluding carboxylic acids is 1. The zero-order valence-electron chi connectivity index (χ0n) is 11.8. The Balaban J connectivity index is 2.01. The first kappa shape index (κ1) is 13.9. The van der Waals surface area contributed by atoms with Crippen LogP contribution in [-0.2, 0) is 4.79 Å². The van der Waals surface area contributed by atoms with Crippen molar-refractivity contribution in [3.8, 4) is 5.75 Å². The van der Waals surface area contributed by atoms with Gasteiger partial charge in [-0.1, -0.05) is 6.07 Å². The van der Waals surface area contributed by atoms with Gasteiger partial charge in [0.1, 0.15) is 17.9 Å². The molecule has 0 aliphatic heterocycles. The van der Waals surface area contributed by atoms with Gasteiger partial charge < -0.3 is 10.5 Å². The number of aryl methyl sites for hydroxylation is 2. The van der Waals surface area contributed by atoms with Crippen LogP contribution in [0.15, 0.2) is 18.2 Å². The Morgan fingerprint density at radius 2 is 2.11 bits per heavy atom. The molecule has 1 aromatic rings. The number of rotatable bonds is 6. The summed E-state index contributed by atoms with van der Waals surface area (Å²) in [6.07, 6.45) is 2.21. The topological polar surface area (TPSA) is 64.3 Å². The highest BCUT2D eigenvalue weighted by atomic mass is 16.5. The summed E-state index contributed by atoms with van der Waals surface area (Å²) in [5.41, 5.74) is 7.08. The molecule has 4 nitrogen and oxygen atoms in total. The fourth-order valence-electron chi connectivity index (χ4n) is 1.89. The van der Waals surface area contributed by atoms with Gasteiger partial charge in [-0.3, -0.25) is 10.1 Å². The maximum absolute atomic E-state index is 11.6. The lowest BCUT2D eigenvalue weighted by atomic mass is 10.0. The first-order valence-corrected chi connectivity index (χ1v) is 6.68. The maximum Gasteiger partial charge on any atom is 0.240 e. The Hall–Kier alpha value is -1.55. The van der Waals surface area contributed by atoms with E-state index in [1.165, 1.54) is 11.1 Å². The molecule has 1 atom stereocenters. The number of benzene rings is 1. The number of hydrogen-bond acceptors (Lipinski definition) is 3. The predicted octanol–water partition coefficient (Wildman–Crippen LogP) is 1.68. The number of carbonyl (C=O) groups is 1. The number of nitrogens with one attached hydrogen (secondary N) is 1. The minimum Gasteiger partial charge on any atom is -0.491 e. The summed E-state index contributed by atoms with van der Waals surface area (Å²) in [4.78, 5) is 11.6. The first-order valence-electron chi connectivity index (χ1n) is 6.68. The van der Waals surface area contributed by atoms with Gasteiger partial charge in [-0.2, -0.15) is 0 Å². The molecule has 1 amide bonds. The summed E-state index contributed by atoms with van der Waals surface area (Å²) in [5, 5.41) is 3.26. The number of ether oxygens (including phenoxy) is 1. The summed E-state index contributed by atoms with van der Waals surface area (Å²) < 4.78 is 5.73. The lowest BCUT2D eigenvalue weighted by molar-refractivity contribution is -0.125. The summed E-state index contributed by atoms with van der Waals surface area (Å²) in [7, 11) is 0. The summed E-state index contributed by atoms with van der Waals surface area (Å²) in [6.45, 7) is 6.15. The highest BCUT2D eigenvalue weighted by Crippen LogP contribution is 2.23. The second-order valence-corrected chi connectivity index (χ2v) is 5.65. The SMILES string of the molecule is Cc1ccc(OCC(C)(NC2CC2)C(N)=O)cc1C. The second-order valence-electron chi connectivity index (χ2n) is 5.65. The van der Waals surface area contributed by atoms with Gasteiger partial charge in [0.2, 0.25) is 5.91 Å². The average molecular weight is 262 g/mol. The Morgan fingerprint density at radius 1 is 1.42 bits per heavy atom. The highest BCUT2D eigenvalue weighted by Gasteiger charge is 2.37. The Labute approximate surface area is 114 Å². The normalized spacial score (nSPS) is 17.8. The molecule has 1 aliphatic rings. The zero-order chi connectivity index (χ0) is 14.0. The van der Waals surface area contributed by atoms with Crippen LogP contribution in [-0.4, -0.2) is 24.1 Å². The molecule has 0 bridgehead atoms. The van der Waals surface area contributed by atoms with Crippen molar-refractivity contribution in [2.24, 2.45) is 5.73 Å². The minimum absolute atomic E-state index is 0.251. The molecular formula is C15H22N2O2. The molecule has 0 aromatic heterocycles. The van der Waals surface area contributed by atoms with E-state index in [2.05, 4.69) is 12.2 Å². The molecule has 3 N–H and O–H groups in total. The summed E-state index contributed by atoms with van der Waals surface area (Å²) in [6, 6.07) is 6.32. The Kier molecular flexibility index (Phi) is 3.80. The van der Waals surface area contributed by atoms with Crippen molar-refractivity contribution in [3.05, 3.63) is 29.3 Å². The largest absolute Gasteiger partial charge is 0.491 e. The molecule has 0 spiro atoms. The van der Waals surface area contributed by atoms with Crippen molar-refractivity contribution in [3.63, 3.8) is 0 Å². The van der Waals surface area contributed by atoms with Crippen molar-refractivity contribution < 1.29 is 9.53 Å². The molecule has 104 valence electrons. The van der Waals surface area contributed by atoms with Crippen LogP contribution in [0.25, 0.3) is 0 Å². The zero-order valence-corrected chi connectivity index (χ0v) is 11.8. The molecule has 1 fully saturated rings. The third-order valence-corrected chi connectivity index (χ3v) is 3.65. The lowest BCUT2D eigenvalue weighted by Gasteiger charge is -2.27. The molecule has 1 saturated carbocycles. The number of nitrogens with two attached hydrogens (primary N) is 1. The fourth-order valence-corrected chi connectivity index (χ4v) is 1.89. The van der Waals surface area contributed by atoms with E-state index in [1.54, 1.807) is 6.92 Å².